The molecule has 0 amide bonds. The molecule has 1 aliphatic heterocycles. The lowest BCUT2D eigenvalue weighted by atomic mass is 10.2. The summed E-state index contributed by atoms with van der Waals surface area (Å²) in [6, 6.07) is 3.78. The Bertz CT molecular complexity index is 778. The molecule has 1 N–H and O–H groups in total. The van der Waals surface area contributed by atoms with E-state index in [1.807, 2.05) is 25.1 Å². The predicted molar refractivity (Wildman–Crippen MR) is 101 cm³/mol. The highest BCUT2D eigenvalue weighted by atomic mass is 35.5. The van der Waals surface area contributed by atoms with Gasteiger partial charge in [-0.25, -0.2) is 0 Å². The molecule has 8 heteroatoms. The van der Waals surface area contributed by atoms with Crippen molar-refractivity contribution in [2.24, 2.45) is 0 Å². The topological polar surface area (TPSA) is 72.7 Å². The number of hydrogen-bond acceptors (Lipinski definition) is 7. The first kappa shape index (κ1) is 18.7. The van der Waals surface area contributed by atoms with E-state index in [0.717, 1.165) is 25.2 Å². The van der Waals surface area contributed by atoms with Gasteiger partial charge in [0.15, 0.2) is 17.3 Å². The van der Waals surface area contributed by atoms with Crippen molar-refractivity contribution in [1.29, 1.82) is 0 Å². The third-order valence-corrected chi connectivity index (χ3v) is 4.51. The Morgan fingerprint density at radius 3 is 3.00 bits per heavy atom. The summed E-state index contributed by atoms with van der Waals surface area (Å²) in [5, 5.41) is 7.94. The highest BCUT2D eigenvalue weighted by Gasteiger charge is 2.24. The van der Waals surface area contributed by atoms with Crippen LogP contribution in [0.5, 0.6) is 11.5 Å². The third kappa shape index (κ3) is 4.17. The van der Waals surface area contributed by atoms with Gasteiger partial charge in [-0.05, 0) is 37.7 Å². The molecule has 1 unspecified atom stereocenters. The monoisotopic (exact) mass is 378 g/mol. The van der Waals surface area contributed by atoms with Crippen molar-refractivity contribution >= 4 is 23.8 Å². The Kier molecular flexibility index (Phi) is 6.13. The van der Waals surface area contributed by atoms with E-state index in [0.29, 0.717) is 34.8 Å². The van der Waals surface area contributed by atoms with Gasteiger partial charge in [-0.2, -0.15) is 4.98 Å². The SMILES string of the molecule is CCOc1c(Cl)cc(/C=C/c2nc(C3CNCCN3C)no2)cc1OC. The quantitative estimate of drug-likeness (QED) is 0.828. The summed E-state index contributed by atoms with van der Waals surface area (Å²) in [5.41, 5.74) is 0.853. The maximum Gasteiger partial charge on any atom is 0.250 e. The van der Waals surface area contributed by atoms with E-state index < -0.39 is 0 Å². The zero-order chi connectivity index (χ0) is 18.5. The molecule has 0 aliphatic carbocycles. The van der Waals surface area contributed by atoms with E-state index >= 15 is 0 Å². The summed E-state index contributed by atoms with van der Waals surface area (Å²) in [6.45, 7) is 5.15. The summed E-state index contributed by atoms with van der Waals surface area (Å²) in [7, 11) is 3.65. The highest BCUT2D eigenvalue weighted by molar-refractivity contribution is 6.32. The van der Waals surface area contributed by atoms with Crippen molar-refractivity contribution in [3.05, 3.63) is 34.4 Å². The number of aromatic nitrogens is 2. The first-order valence-corrected chi connectivity index (χ1v) is 8.93. The largest absolute Gasteiger partial charge is 0.493 e. The molecule has 1 atom stereocenters. The molecule has 0 saturated carbocycles. The number of likely N-dealkylation sites (N-methyl/N-ethyl adjacent to an activating group) is 1. The molecule has 1 fully saturated rings. The summed E-state index contributed by atoms with van der Waals surface area (Å²) >= 11 is 6.29. The number of nitrogens with one attached hydrogen (secondary N) is 1. The van der Waals surface area contributed by atoms with Crippen LogP contribution in [0, 0.1) is 0 Å². The molecule has 0 bridgehead atoms. The molecule has 0 radical (unpaired) electrons. The lowest BCUT2D eigenvalue weighted by molar-refractivity contribution is 0.190. The van der Waals surface area contributed by atoms with Gasteiger partial charge in [0.05, 0.1) is 24.8 Å². The Morgan fingerprint density at radius 2 is 2.27 bits per heavy atom. The maximum atomic E-state index is 6.29. The van der Waals surface area contributed by atoms with Crippen LogP contribution in [0.2, 0.25) is 5.02 Å². The summed E-state index contributed by atoms with van der Waals surface area (Å²) in [6.07, 6.45) is 3.61. The van der Waals surface area contributed by atoms with Crippen LogP contribution in [0.15, 0.2) is 16.7 Å². The molecule has 140 valence electrons. The van der Waals surface area contributed by atoms with E-state index in [4.69, 9.17) is 25.6 Å². The normalized spacial score (nSPS) is 18.4. The van der Waals surface area contributed by atoms with Gasteiger partial charge in [0, 0.05) is 25.7 Å². The second-order valence-electron chi connectivity index (χ2n) is 5.99. The minimum absolute atomic E-state index is 0.120. The minimum Gasteiger partial charge on any atom is -0.493 e. The second kappa shape index (κ2) is 8.53. The van der Waals surface area contributed by atoms with Crippen LogP contribution in [-0.4, -0.2) is 55.4 Å². The Morgan fingerprint density at radius 1 is 1.42 bits per heavy atom. The van der Waals surface area contributed by atoms with Gasteiger partial charge in [0.2, 0.25) is 0 Å². The van der Waals surface area contributed by atoms with E-state index in [-0.39, 0.29) is 6.04 Å². The van der Waals surface area contributed by atoms with Crippen molar-refractivity contribution < 1.29 is 14.0 Å². The zero-order valence-corrected chi connectivity index (χ0v) is 15.9. The zero-order valence-electron chi connectivity index (χ0n) is 15.2. The van der Waals surface area contributed by atoms with Gasteiger partial charge in [-0.15, -0.1) is 0 Å². The Hall–Kier alpha value is -2.09. The van der Waals surface area contributed by atoms with Gasteiger partial charge < -0.3 is 19.3 Å². The molecule has 2 heterocycles. The third-order valence-electron chi connectivity index (χ3n) is 4.23. The van der Waals surface area contributed by atoms with Crippen molar-refractivity contribution in [3.63, 3.8) is 0 Å². The molecule has 2 aromatic rings. The van der Waals surface area contributed by atoms with Crippen molar-refractivity contribution in [2.75, 3.05) is 40.4 Å². The molecule has 7 nitrogen and oxygen atoms in total. The maximum absolute atomic E-state index is 6.29. The van der Waals surface area contributed by atoms with E-state index in [1.54, 1.807) is 13.2 Å². The number of halogens is 1. The minimum atomic E-state index is 0.120. The summed E-state index contributed by atoms with van der Waals surface area (Å²) in [5.74, 6) is 2.26. The van der Waals surface area contributed by atoms with Gasteiger partial charge in [-0.3, -0.25) is 4.90 Å². The fourth-order valence-electron chi connectivity index (χ4n) is 2.83. The van der Waals surface area contributed by atoms with Crippen LogP contribution in [0.25, 0.3) is 12.2 Å². The number of rotatable bonds is 6. The van der Waals surface area contributed by atoms with E-state index in [9.17, 15) is 0 Å². The molecule has 3 rings (SSSR count). The number of benzene rings is 1. The van der Waals surface area contributed by atoms with Crippen LogP contribution in [0.1, 0.15) is 30.2 Å². The summed E-state index contributed by atoms with van der Waals surface area (Å²) in [4.78, 5) is 6.69. The average Bonchev–Trinajstić information content (AvgIpc) is 3.11. The highest BCUT2D eigenvalue weighted by Crippen LogP contribution is 2.36. The molecule has 1 saturated heterocycles. The molecule has 26 heavy (non-hydrogen) atoms. The molecular formula is C18H23ClN4O3. The van der Waals surface area contributed by atoms with Crippen molar-refractivity contribution in [2.45, 2.75) is 13.0 Å². The molecule has 1 aromatic heterocycles. The lowest BCUT2D eigenvalue weighted by Gasteiger charge is -2.30. The van der Waals surface area contributed by atoms with Gasteiger partial charge >= 0.3 is 0 Å². The number of methoxy groups -OCH3 is 1. The van der Waals surface area contributed by atoms with Gasteiger partial charge in [0.1, 0.15) is 0 Å². The average molecular weight is 379 g/mol. The van der Waals surface area contributed by atoms with Crippen LogP contribution < -0.4 is 14.8 Å². The molecule has 1 aromatic carbocycles. The number of piperazine rings is 1. The smallest absolute Gasteiger partial charge is 0.250 e. The lowest BCUT2D eigenvalue weighted by Crippen LogP contribution is -2.44. The Labute approximate surface area is 157 Å². The number of nitrogens with zero attached hydrogens (tertiary/aromatic N) is 3. The van der Waals surface area contributed by atoms with Crippen LogP contribution in [0.4, 0.5) is 0 Å². The molecule has 1 aliphatic rings. The molecular weight excluding hydrogens is 356 g/mol. The molecule has 0 spiro atoms. The first-order valence-electron chi connectivity index (χ1n) is 8.55. The van der Waals surface area contributed by atoms with E-state index in [1.165, 1.54) is 0 Å². The Balaban J connectivity index is 1.77. The van der Waals surface area contributed by atoms with Crippen LogP contribution in [0.3, 0.4) is 0 Å². The van der Waals surface area contributed by atoms with Gasteiger partial charge in [-0.1, -0.05) is 16.8 Å². The van der Waals surface area contributed by atoms with E-state index in [2.05, 4.69) is 27.4 Å². The van der Waals surface area contributed by atoms with Crippen LogP contribution >= 0.6 is 11.6 Å². The van der Waals surface area contributed by atoms with Crippen molar-refractivity contribution in [1.82, 2.24) is 20.4 Å². The predicted octanol–water partition coefficient (Wildman–Crippen LogP) is 2.88. The summed E-state index contributed by atoms with van der Waals surface area (Å²) < 4.78 is 16.2. The van der Waals surface area contributed by atoms with Gasteiger partial charge in [0.25, 0.3) is 5.89 Å². The fraction of sp³-hybridized carbons (Fsp3) is 0.444. The van der Waals surface area contributed by atoms with Crippen LogP contribution in [-0.2, 0) is 0 Å². The first-order chi connectivity index (χ1) is 12.6. The standard InChI is InChI=1S/C18H23ClN4O3/c1-4-25-17-13(19)9-12(10-15(17)24-3)5-6-16-21-18(22-26-16)14-11-20-7-8-23(14)2/h5-6,9-10,14,20H,4,7-8,11H2,1-3H3/b6-5+. The fourth-order valence-corrected chi connectivity index (χ4v) is 3.11. The number of hydrogen-bond donors (Lipinski definition) is 1. The second-order valence-corrected chi connectivity index (χ2v) is 6.40. The van der Waals surface area contributed by atoms with Crippen molar-refractivity contribution in [3.8, 4) is 11.5 Å². The number of ether oxygens (including phenoxy) is 2.